The Hall–Kier alpha value is -2.83. The Kier molecular flexibility index (Phi) is 5.25. The molecule has 1 aliphatic heterocycles. The predicted octanol–water partition coefficient (Wildman–Crippen LogP) is 2.53. The maximum Gasteiger partial charge on any atom is 0.322 e. The van der Waals surface area contributed by atoms with Gasteiger partial charge in [-0.25, -0.2) is 9.78 Å². The zero-order chi connectivity index (χ0) is 18.7. The van der Waals surface area contributed by atoms with Gasteiger partial charge in [-0.1, -0.05) is 19.4 Å². The lowest BCUT2D eigenvalue weighted by molar-refractivity contribution is 0.0932. The standard InChI is InChI=1S/C19H25N5O2/c1-4-5-15(17-20-8-10-23(17)3)22-18(25)14-7-6-13(2)16(12-14)24-11-9-21-19(24)26/h6-8,10,12,15H,4-5,9,11H2,1-3H3,(H,21,26)(H,22,25)/t15-/m1/s1. The van der Waals surface area contributed by atoms with Crippen LogP contribution in [0.4, 0.5) is 10.5 Å². The first-order valence-electron chi connectivity index (χ1n) is 8.95. The molecule has 0 unspecified atom stereocenters. The number of urea groups is 1. The number of nitrogens with one attached hydrogen (secondary N) is 2. The lowest BCUT2D eigenvalue weighted by Crippen LogP contribution is -2.31. The van der Waals surface area contributed by atoms with Gasteiger partial charge in [0.1, 0.15) is 5.82 Å². The van der Waals surface area contributed by atoms with Crippen LogP contribution in [0.2, 0.25) is 0 Å². The topological polar surface area (TPSA) is 79.3 Å². The number of amides is 3. The molecule has 1 aliphatic rings. The molecule has 0 radical (unpaired) electrons. The highest BCUT2D eigenvalue weighted by Crippen LogP contribution is 2.24. The summed E-state index contributed by atoms with van der Waals surface area (Å²) in [6, 6.07) is 5.20. The van der Waals surface area contributed by atoms with Gasteiger partial charge in [-0.2, -0.15) is 0 Å². The molecule has 0 saturated carbocycles. The number of hydrogen-bond donors (Lipinski definition) is 2. The molecule has 26 heavy (non-hydrogen) atoms. The predicted molar refractivity (Wildman–Crippen MR) is 100 cm³/mol. The summed E-state index contributed by atoms with van der Waals surface area (Å²) in [6.07, 6.45) is 5.36. The summed E-state index contributed by atoms with van der Waals surface area (Å²) in [5.74, 6) is 0.679. The van der Waals surface area contributed by atoms with Crippen LogP contribution in [0.1, 0.15) is 47.6 Å². The molecular formula is C19H25N5O2. The van der Waals surface area contributed by atoms with E-state index in [9.17, 15) is 9.59 Å². The first-order chi connectivity index (χ1) is 12.5. The van der Waals surface area contributed by atoms with Crippen LogP contribution in [-0.2, 0) is 7.05 Å². The van der Waals surface area contributed by atoms with Crippen LogP contribution < -0.4 is 15.5 Å². The molecule has 2 aromatic rings. The molecule has 2 N–H and O–H groups in total. The van der Waals surface area contributed by atoms with Gasteiger partial charge < -0.3 is 15.2 Å². The Morgan fingerprint density at radius 2 is 2.23 bits per heavy atom. The van der Waals surface area contributed by atoms with Crippen LogP contribution in [-0.4, -0.2) is 34.6 Å². The number of imidazole rings is 1. The molecule has 0 spiro atoms. The van der Waals surface area contributed by atoms with Crippen molar-refractivity contribution in [3.63, 3.8) is 0 Å². The number of hydrogen-bond acceptors (Lipinski definition) is 3. The molecule has 138 valence electrons. The van der Waals surface area contributed by atoms with E-state index >= 15 is 0 Å². The number of nitrogens with zero attached hydrogens (tertiary/aromatic N) is 3. The third-order valence-corrected chi connectivity index (χ3v) is 4.67. The van der Waals surface area contributed by atoms with E-state index in [-0.39, 0.29) is 18.0 Å². The monoisotopic (exact) mass is 355 g/mol. The number of carbonyl (C=O) groups is 2. The molecule has 7 heteroatoms. The van der Waals surface area contributed by atoms with E-state index < -0.39 is 0 Å². The molecule has 2 heterocycles. The quantitative estimate of drug-likeness (QED) is 0.836. The Morgan fingerprint density at radius 3 is 2.85 bits per heavy atom. The maximum absolute atomic E-state index is 12.8. The fourth-order valence-corrected chi connectivity index (χ4v) is 3.25. The second-order valence-electron chi connectivity index (χ2n) is 6.60. The van der Waals surface area contributed by atoms with Crippen molar-refractivity contribution >= 4 is 17.6 Å². The third-order valence-electron chi connectivity index (χ3n) is 4.67. The highest BCUT2D eigenvalue weighted by atomic mass is 16.2. The van der Waals surface area contributed by atoms with Gasteiger partial charge in [-0.15, -0.1) is 0 Å². The largest absolute Gasteiger partial charge is 0.342 e. The van der Waals surface area contributed by atoms with Crippen molar-refractivity contribution in [1.82, 2.24) is 20.2 Å². The Balaban J connectivity index is 1.83. The van der Waals surface area contributed by atoms with E-state index in [4.69, 9.17) is 0 Å². The zero-order valence-electron chi connectivity index (χ0n) is 15.5. The van der Waals surface area contributed by atoms with Gasteiger partial charge in [0.2, 0.25) is 0 Å². The van der Waals surface area contributed by atoms with Crippen LogP contribution in [0.25, 0.3) is 0 Å². The molecule has 3 amide bonds. The van der Waals surface area contributed by atoms with Crippen LogP contribution in [0.15, 0.2) is 30.6 Å². The Labute approximate surface area is 153 Å². The van der Waals surface area contributed by atoms with Crippen molar-refractivity contribution in [2.45, 2.75) is 32.7 Å². The molecule has 1 fully saturated rings. The molecule has 0 aliphatic carbocycles. The second-order valence-corrected chi connectivity index (χ2v) is 6.60. The van der Waals surface area contributed by atoms with Crippen LogP contribution in [0.5, 0.6) is 0 Å². The van der Waals surface area contributed by atoms with Gasteiger partial charge >= 0.3 is 6.03 Å². The molecule has 1 aromatic heterocycles. The smallest absolute Gasteiger partial charge is 0.322 e. The van der Waals surface area contributed by atoms with Gasteiger partial charge in [-0.05, 0) is 31.0 Å². The van der Waals surface area contributed by atoms with Gasteiger partial charge in [0.05, 0.1) is 6.04 Å². The molecule has 1 saturated heterocycles. The fraction of sp³-hybridized carbons (Fsp3) is 0.421. The van der Waals surface area contributed by atoms with Gasteiger partial charge in [0.15, 0.2) is 0 Å². The lowest BCUT2D eigenvalue weighted by atomic mass is 10.1. The number of rotatable bonds is 6. The van der Waals surface area contributed by atoms with Crippen LogP contribution >= 0.6 is 0 Å². The third kappa shape index (κ3) is 3.56. The van der Waals surface area contributed by atoms with Gasteiger partial charge in [-0.3, -0.25) is 9.69 Å². The van der Waals surface area contributed by atoms with Gasteiger partial charge in [0.25, 0.3) is 5.91 Å². The first-order valence-corrected chi connectivity index (χ1v) is 8.95. The van der Waals surface area contributed by atoms with E-state index in [0.29, 0.717) is 18.7 Å². The Morgan fingerprint density at radius 1 is 1.42 bits per heavy atom. The van der Waals surface area contributed by atoms with E-state index in [1.807, 2.05) is 30.8 Å². The zero-order valence-corrected chi connectivity index (χ0v) is 15.5. The maximum atomic E-state index is 12.8. The van der Waals surface area contributed by atoms with E-state index in [0.717, 1.165) is 29.9 Å². The molecule has 3 rings (SSSR count). The highest BCUT2D eigenvalue weighted by Gasteiger charge is 2.24. The molecule has 1 atom stereocenters. The lowest BCUT2D eigenvalue weighted by Gasteiger charge is -2.20. The van der Waals surface area contributed by atoms with Crippen molar-refractivity contribution in [2.24, 2.45) is 7.05 Å². The minimum Gasteiger partial charge on any atom is -0.342 e. The molecule has 0 bridgehead atoms. The fourth-order valence-electron chi connectivity index (χ4n) is 3.25. The number of anilines is 1. The summed E-state index contributed by atoms with van der Waals surface area (Å²) in [4.78, 5) is 30.8. The molecule has 1 aromatic carbocycles. The number of benzene rings is 1. The summed E-state index contributed by atoms with van der Waals surface area (Å²) in [5.41, 5.74) is 2.28. The summed E-state index contributed by atoms with van der Waals surface area (Å²) < 4.78 is 1.93. The second kappa shape index (κ2) is 7.59. The van der Waals surface area contributed by atoms with Crippen molar-refractivity contribution in [3.05, 3.63) is 47.5 Å². The highest BCUT2D eigenvalue weighted by molar-refractivity contribution is 5.99. The van der Waals surface area contributed by atoms with Crippen molar-refractivity contribution in [2.75, 3.05) is 18.0 Å². The van der Waals surface area contributed by atoms with Crippen LogP contribution in [0, 0.1) is 6.92 Å². The number of carbonyl (C=O) groups excluding carboxylic acids is 2. The number of aryl methyl sites for hydroxylation is 2. The summed E-state index contributed by atoms with van der Waals surface area (Å²) >= 11 is 0. The minimum atomic E-state index is -0.160. The average molecular weight is 355 g/mol. The number of aromatic nitrogens is 2. The average Bonchev–Trinajstić information content (AvgIpc) is 3.23. The Bertz CT molecular complexity index is 814. The molecular weight excluding hydrogens is 330 g/mol. The normalized spacial score (nSPS) is 15.0. The first kappa shape index (κ1) is 18.0. The SMILES string of the molecule is CCC[C@@H](NC(=O)c1ccc(C)c(N2CCNC2=O)c1)c1nccn1C. The van der Waals surface area contributed by atoms with E-state index in [1.54, 1.807) is 23.2 Å². The van der Waals surface area contributed by atoms with Crippen molar-refractivity contribution in [3.8, 4) is 0 Å². The van der Waals surface area contributed by atoms with Crippen LogP contribution in [0.3, 0.4) is 0 Å². The van der Waals surface area contributed by atoms with Crippen molar-refractivity contribution in [1.29, 1.82) is 0 Å². The van der Waals surface area contributed by atoms with Crippen molar-refractivity contribution < 1.29 is 9.59 Å². The summed E-state index contributed by atoms with van der Waals surface area (Å²) in [7, 11) is 1.92. The van der Waals surface area contributed by atoms with E-state index in [1.165, 1.54) is 0 Å². The van der Waals surface area contributed by atoms with E-state index in [2.05, 4.69) is 22.5 Å². The molecule has 7 nitrogen and oxygen atoms in total. The summed E-state index contributed by atoms with van der Waals surface area (Å²) in [6.45, 7) is 5.25. The minimum absolute atomic E-state index is 0.123. The van der Waals surface area contributed by atoms with Gasteiger partial charge in [0, 0.05) is 43.8 Å². The summed E-state index contributed by atoms with van der Waals surface area (Å²) in [5, 5.41) is 5.88.